The molecule has 0 saturated carbocycles. The van der Waals surface area contributed by atoms with Gasteiger partial charge in [-0.3, -0.25) is 9.80 Å². The summed E-state index contributed by atoms with van der Waals surface area (Å²) >= 11 is 0. The van der Waals surface area contributed by atoms with Crippen molar-refractivity contribution in [3.8, 4) is 0 Å². The van der Waals surface area contributed by atoms with Crippen molar-refractivity contribution in [1.29, 1.82) is 0 Å². The van der Waals surface area contributed by atoms with Crippen LogP contribution in [0.5, 0.6) is 0 Å². The van der Waals surface area contributed by atoms with E-state index in [0.717, 1.165) is 26.9 Å². The van der Waals surface area contributed by atoms with E-state index in [1.807, 2.05) is 13.8 Å². The first-order chi connectivity index (χ1) is 8.27. The van der Waals surface area contributed by atoms with E-state index in [1.165, 1.54) is 19.6 Å². The Morgan fingerprint density at radius 3 is 2.35 bits per heavy atom. The molecule has 2 aliphatic heterocycles. The third-order valence-electron chi connectivity index (χ3n) is 3.20. The molecule has 0 aliphatic carbocycles. The second-order valence-corrected chi connectivity index (χ2v) is 4.35. The van der Waals surface area contributed by atoms with E-state index in [0.29, 0.717) is 12.1 Å². The van der Waals surface area contributed by atoms with Crippen molar-refractivity contribution >= 4 is 0 Å². The van der Waals surface area contributed by atoms with Crippen molar-refractivity contribution in [3.05, 3.63) is 0 Å². The Balaban J connectivity index is 0.000000581. The Morgan fingerprint density at radius 1 is 1.12 bits per heavy atom. The lowest BCUT2D eigenvalue weighted by Crippen LogP contribution is -2.59. The number of fused-ring (bicyclic) bond motifs is 1. The zero-order chi connectivity index (χ0) is 13.3. The molecule has 1 unspecified atom stereocenters. The highest BCUT2D eigenvalue weighted by Crippen LogP contribution is 2.15. The summed E-state index contributed by atoms with van der Waals surface area (Å²) in [5, 5.41) is 7.00. The maximum Gasteiger partial charge on any atom is 0.0634 e. The smallest absolute Gasteiger partial charge is 0.0634 e. The molecule has 4 heteroatoms. The third-order valence-corrected chi connectivity index (χ3v) is 3.20. The van der Waals surface area contributed by atoms with Crippen molar-refractivity contribution in [2.24, 2.45) is 0 Å². The highest BCUT2D eigenvalue weighted by molar-refractivity contribution is 4.85. The highest BCUT2D eigenvalue weighted by atomic mass is 16.5. The van der Waals surface area contributed by atoms with Crippen molar-refractivity contribution in [1.82, 2.24) is 9.80 Å². The summed E-state index contributed by atoms with van der Waals surface area (Å²) in [6.45, 7) is 15.2. The Hall–Kier alpha value is -0.160. The van der Waals surface area contributed by atoms with Crippen LogP contribution in [0.4, 0.5) is 0 Å². The summed E-state index contributed by atoms with van der Waals surface area (Å²) in [5.74, 6) is 0. The first-order valence-corrected chi connectivity index (χ1v) is 6.78. The van der Waals surface area contributed by atoms with Crippen LogP contribution in [0.1, 0.15) is 27.7 Å². The van der Waals surface area contributed by atoms with Gasteiger partial charge in [0.2, 0.25) is 0 Å². The number of piperazine rings is 1. The van der Waals surface area contributed by atoms with E-state index in [9.17, 15) is 0 Å². The number of aliphatic hydroxyl groups is 1. The molecule has 0 spiro atoms. The van der Waals surface area contributed by atoms with E-state index in [-0.39, 0.29) is 0 Å². The predicted octanol–water partition coefficient (Wildman–Crippen LogP) is 1.05. The van der Waals surface area contributed by atoms with Crippen LogP contribution in [0.15, 0.2) is 0 Å². The lowest BCUT2D eigenvalue weighted by atomic mass is 10.1. The molecule has 4 nitrogen and oxygen atoms in total. The molecule has 2 heterocycles. The standard InChI is InChI=1S/C10H20N2O.C2H6.CH4O/c1-9(2)12-4-3-11-5-6-13-8-10(11)7-12;2*1-2/h9-10H,3-8H2,1-2H3;1-2H3;2H,1H3. The van der Waals surface area contributed by atoms with Gasteiger partial charge in [0, 0.05) is 45.4 Å². The van der Waals surface area contributed by atoms with Crippen molar-refractivity contribution in [2.75, 3.05) is 46.5 Å². The molecule has 1 N–H and O–H groups in total. The van der Waals surface area contributed by atoms with E-state index >= 15 is 0 Å². The molecule has 0 amide bonds. The van der Waals surface area contributed by atoms with Crippen LogP contribution in [0.25, 0.3) is 0 Å². The summed E-state index contributed by atoms with van der Waals surface area (Å²) < 4.78 is 5.50. The Bertz CT molecular complexity index is 177. The number of rotatable bonds is 1. The first kappa shape index (κ1) is 16.8. The van der Waals surface area contributed by atoms with Crippen molar-refractivity contribution in [2.45, 2.75) is 39.8 Å². The molecule has 1 atom stereocenters. The number of ether oxygens (including phenoxy) is 1. The van der Waals surface area contributed by atoms with Crippen molar-refractivity contribution < 1.29 is 9.84 Å². The average Bonchev–Trinajstić information content (AvgIpc) is 2.42. The minimum absolute atomic E-state index is 0.657. The van der Waals surface area contributed by atoms with Crippen LogP contribution in [0, 0.1) is 0 Å². The van der Waals surface area contributed by atoms with Gasteiger partial charge in [-0.2, -0.15) is 0 Å². The van der Waals surface area contributed by atoms with Gasteiger partial charge in [0.1, 0.15) is 0 Å². The van der Waals surface area contributed by atoms with Gasteiger partial charge in [-0.1, -0.05) is 13.8 Å². The van der Waals surface area contributed by atoms with E-state index in [4.69, 9.17) is 9.84 Å². The number of aliphatic hydroxyl groups excluding tert-OH is 1. The molecule has 0 aromatic heterocycles. The molecular weight excluding hydrogens is 216 g/mol. The summed E-state index contributed by atoms with van der Waals surface area (Å²) in [6.07, 6.45) is 0. The summed E-state index contributed by atoms with van der Waals surface area (Å²) in [4.78, 5) is 5.12. The second kappa shape index (κ2) is 9.83. The lowest BCUT2D eigenvalue weighted by molar-refractivity contribution is -0.0501. The van der Waals surface area contributed by atoms with Gasteiger partial charge in [-0.25, -0.2) is 0 Å². The highest BCUT2D eigenvalue weighted by Gasteiger charge is 2.30. The number of hydrogen-bond acceptors (Lipinski definition) is 4. The molecule has 2 rings (SSSR count). The van der Waals surface area contributed by atoms with Crippen LogP contribution < -0.4 is 0 Å². The molecular formula is C13H30N2O2. The topological polar surface area (TPSA) is 35.9 Å². The zero-order valence-electron chi connectivity index (χ0n) is 12.1. The Kier molecular flexibility index (Phi) is 9.74. The first-order valence-electron chi connectivity index (χ1n) is 6.78. The fourth-order valence-electron chi connectivity index (χ4n) is 2.24. The van der Waals surface area contributed by atoms with Crippen LogP contribution in [0.3, 0.4) is 0 Å². The molecule has 2 fully saturated rings. The molecule has 104 valence electrons. The zero-order valence-corrected chi connectivity index (χ0v) is 12.1. The Morgan fingerprint density at radius 2 is 1.76 bits per heavy atom. The maximum absolute atomic E-state index is 7.00. The van der Waals surface area contributed by atoms with Crippen molar-refractivity contribution in [3.63, 3.8) is 0 Å². The van der Waals surface area contributed by atoms with E-state index < -0.39 is 0 Å². The summed E-state index contributed by atoms with van der Waals surface area (Å²) in [5.41, 5.74) is 0. The SMILES string of the molecule is CC.CC(C)N1CCN2CCOCC2C1.CO. The maximum atomic E-state index is 7.00. The van der Waals surface area contributed by atoms with Gasteiger partial charge >= 0.3 is 0 Å². The number of morpholine rings is 1. The van der Waals surface area contributed by atoms with Crippen LogP contribution in [-0.2, 0) is 4.74 Å². The quantitative estimate of drug-likeness (QED) is 0.750. The van der Waals surface area contributed by atoms with E-state index in [1.54, 1.807) is 0 Å². The summed E-state index contributed by atoms with van der Waals surface area (Å²) in [6, 6.07) is 1.34. The van der Waals surface area contributed by atoms with Crippen LogP contribution in [-0.4, -0.2) is 73.5 Å². The normalized spacial score (nSPS) is 25.2. The molecule has 17 heavy (non-hydrogen) atoms. The molecule has 2 saturated heterocycles. The minimum atomic E-state index is 0.657. The van der Waals surface area contributed by atoms with Gasteiger partial charge in [-0.05, 0) is 13.8 Å². The van der Waals surface area contributed by atoms with E-state index in [2.05, 4.69) is 23.6 Å². The van der Waals surface area contributed by atoms with Gasteiger partial charge in [0.25, 0.3) is 0 Å². The Labute approximate surface area is 107 Å². The monoisotopic (exact) mass is 246 g/mol. The molecule has 0 bridgehead atoms. The summed E-state index contributed by atoms with van der Waals surface area (Å²) in [7, 11) is 1.00. The molecule has 0 radical (unpaired) electrons. The predicted molar refractivity (Wildman–Crippen MR) is 72.4 cm³/mol. The lowest BCUT2D eigenvalue weighted by Gasteiger charge is -2.45. The number of nitrogens with zero attached hydrogens (tertiary/aromatic N) is 2. The second-order valence-electron chi connectivity index (χ2n) is 4.35. The molecule has 0 aromatic carbocycles. The largest absolute Gasteiger partial charge is 0.400 e. The fourth-order valence-corrected chi connectivity index (χ4v) is 2.24. The minimum Gasteiger partial charge on any atom is -0.400 e. The molecule has 0 aromatic rings. The fraction of sp³-hybridized carbons (Fsp3) is 1.00. The van der Waals surface area contributed by atoms with Crippen LogP contribution in [0.2, 0.25) is 0 Å². The van der Waals surface area contributed by atoms with Gasteiger partial charge < -0.3 is 9.84 Å². The third kappa shape index (κ3) is 5.34. The van der Waals surface area contributed by atoms with Gasteiger partial charge in [-0.15, -0.1) is 0 Å². The van der Waals surface area contributed by atoms with Crippen LogP contribution >= 0.6 is 0 Å². The van der Waals surface area contributed by atoms with Gasteiger partial charge in [0.15, 0.2) is 0 Å². The number of hydrogen-bond donors (Lipinski definition) is 1. The molecule has 2 aliphatic rings. The average molecular weight is 246 g/mol. The van der Waals surface area contributed by atoms with Gasteiger partial charge in [0.05, 0.1) is 13.2 Å².